The van der Waals surface area contributed by atoms with Gasteiger partial charge >= 0.3 is 0 Å². The molecule has 0 amide bonds. The second kappa shape index (κ2) is 7.97. The molecule has 3 N–H and O–H groups in total. The maximum atomic E-state index is 12.1. The van der Waals surface area contributed by atoms with Crippen molar-refractivity contribution < 1.29 is 18.3 Å². The van der Waals surface area contributed by atoms with Gasteiger partial charge in [-0.1, -0.05) is 18.5 Å². The van der Waals surface area contributed by atoms with Crippen molar-refractivity contribution in [2.75, 3.05) is 16.9 Å². The van der Waals surface area contributed by atoms with Crippen LogP contribution >= 0.6 is 11.6 Å². The standard InChI is InChI=1S/C19H23ClN2O6S/c1-4-11(13-8-5-9(2)28-13)21-14-15(18(25)17(14)24)22-12-7-6-10(20)19(16(12)23)29(3,26)27/h6-7,9,11,13,21-23H,4-5,8H2,1-3H3/t9-,11-,13-/m1/s1. The summed E-state index contributed by atoms with van der Waals surface area (Å²) in [6.45, 7) is 3.94. The van der Waals surface area contributed by atoms with E-state index in [0.717, 1.165) is 19.1 Å². The van der Waals surface area contributed by atoms with Gasteiger partial charge in [-0.15, -0.1) is 0 Å². The van der Waals surface area contributed by atoms with Crippen molar-refractivity contribution in [1.82, 2.24) is 0 Å². The average molecular weight is 443 g/mol. The van der Waals surface area contributed by atoms with E-state index in [1.807, 2.05) is 13.8 Å². The average Bonchev–Trinajstić information content (AvgIpc) is 3.07. The Morgan fingerprint density at radius 3 is 2.45 bits per heavy atom. The summed E-state index contributed by atoms with van der Waals surface area (Å²) >= 11 is 5.90. The Bertz CT molecular complexity index is 1110. The van der Waals surface area contributed by atoms with E-state index >= 15 is 0 Å². The smallest absolute Gasteiger partial charge is 0.253 e. The minimum absolute atomic E-state index is 0.0310. The maximum Gasteiger partial charge on any atom is 0.253 e. The van der Waals surface area contributed by atoms with Crippen LogP contribution in [0.15, 0.2) is 26.6 Å². The first kappa shape index (κ1) is 21.6. The van der Waals surface area contributed by atoms with Crippen LogP contribution in [-0.4, -0.2) is 38.0 Å². The number of rotatable bonds is 7. The van der Waals surface area contributed by atoms with Gasteiger partial charge in [0.15, 0.2) is 15.6 Å². The first-order valence-electron chi connectivity index (χ1n) is 9.28. The summed E-state index contributed by atoms with van der Waals surface area (Å²) < 4.78 is 29.7. The van der Waals surface area contributed by atoms with Gasteiger partial charge in [0.2, 0.25) is 0 Å². The molecule has 0 aromatic heterocycles. The number of aromatic hydroxyl groups is 1. The van der Waals surface area contributed by atoms with Gasteiger partial charge in [0, 0.05) is 6.26 Å². The zero-order chi connectivity index (χ0) is 21.5. The summed E-state index contributed by atoms with van der Waals surface area (Å²) in [5, 5.41) is 16.0. The van der Waals surface area contributed by atoms with Gasteiger partial charge in [0.05, 0.1) is 29.0 Å². The minimum Gasteiger partial charge on any atom is -0.504 e. The molecule has 29 heavy (non-hydrogen) atoms. The van der Waals surface area contributed by atoms with Crippen LogP contribution in [0.1, 0.15) is 33.1 Å². The molecular weight excluding hydrogens is 420 g/mol. The van der Waals surface area contributed by atoms with Gasteiger partial charge < -0.3 is 20.5 Å². The minimum atomic E-state index is -3.81. The summed E-state index contributed by atoms with van der Waals surface area (Å²) in [7, 11) is -3.81. The third kappa shape index (κ3) is 4.12. The van der Waals surface area contributed by atoms with Crippen molar-refractivity contribution >= 4 is 38.5 Å². The predicted molar refractivity (Wildman–Crippen MR) is 112 cm³/mol. The van der Waals surface area contributed by atoms with E-state index in [1.54, 1.807) is 0 Å². The van der Waals surface area contributed by atoms with Crippen LogP contribution in [0.4, 0.5) is 17.1 Å². The first-order chi connectivity index (χ1) is 13.5. The molecule has 0 unspecified atom stereocenters. The Labute approximate surface area is 173 Å². The lowest BCUT2D eigenvalue weighted by Gasteiger charge is -2.26. The Morgan fingerprint density at radius 2 is 1.90 bits per heavy atom. The zero-order valence-corrected chi connectivity index (χ0v) is 17.9. The fourth-order valence-corrected chi connectivity index (χ4v) is 5.01. The molecule has 3 atom stereocenters. The van der Waals surface area contributed by atoms with E-state index in [-0.39, 0.29) is 40.3 Å². The highest BCUT2D eigenvalue weighted by molar-refractivity contribution is 7.91. The molecule has 10 heteroatoms. The van der Waals surface area contributed by atoms with Crippen LogP contribution in [-0.2, 0) is 14.6 Å². The number of phenolic OH excluding ortho intramolecular Hbond substituents is 1. The van der Waals surface area contributed by atoms with Crippen molar-refractivity contribution in [2.45, 2.75) is 56.3 Å². The molecule has 1 saturated heterocycles. The Morgan fingerprint density at radius 1 is 1.24 bits per heavy atom. The topological polar surface area (TPSA) is 122 Å². The zero-order valence-electron chi connectivity index (χ0n) is 16.3. The van der Waals surface area contributed by atoms with Gasteiger partial charge in [-0.25, -0.2) is 8.42 Å². The van der Waals surface area contributed by atoms with Crippen LogP contribution < -0.4 is 21.5 Å². The monoisotopic (exact) mass is 442 g/mol. The second-order valence-corrected chi connectivity index (χ2v) is 9.66. The molecule has 0 saturated carbocycles. The van der Waals surface area contributed by atoms with Crippen LogP contribution in [0.25, 0.3) is 0 Å². The fraction of sp³-hybridized carbons (Fsp3) is 0.474. The molecule has 0 radical (unpaired) electrons. The van der Waals surface area contributed by atoms with Crippen LogP contribution in [0, 0.1) is 0 Å². The highest BCUT2D eigenvalue weighted by Gasteiger charge is 2.32. The number of hydrogen-bond acceptors (Lipinski definition) is 8. The van der Waals surface area contributed by atoms with E-state index in [9.17, 15) is 23.1 Å². The van der Waals surface area contributed by atoms with Crippen molar-refractivity contribution in [3.05, 3.63) is 37.6 Å². The van der Waals surface area contributed by atoms with E-state index in [2.05, 4.69) is 10.6 Å². The number of nitrogens with one attached hydrogen (secondary N) is 2. The molecule has 3 rings (SSSR count). The van der Waals surface area contributed by atoms with Crippen molar-refractivity contribution in [1.29, 1.82) is 0 Å². The van der Waals surface area contributed by atoms with Crippen LogP contribution in [0.2, 0.25) is 5.02 Å². The molecule has 158 valence electrons. The molecule has 1 aliphatic heterocycles. The molecule has 2 aromatic rings. The Balaban J connectivity index is 1.90. The third-order valence-corrected chi connectivity index (χ3v) is 6.69. The number of sulfone groups is 1. The van der Waals surface area contributed by atoms with E-state index in [1.165, 1.54) is 12.1 Å². The highest BCUT2D eigenvalue weighted by Crippen LogP contribution is 2.38. The number of halogens is 1. The van der Waals surface area contributed by atoms with Crippen molar-refractivity contribution in [3.63, 3.8) is 0 Å². The van der Waals surface area contributed by atoms with E-state index in [0.29, 0.717) is 6.42 Å². The SMILES string of the molecule is CC[C@@H](Nc1c(Nc2ccc(Cl)c(S(C)(=O)=O)c2O)c(=O)c1=O)[C@H]1CC[C@@H](C)O1. The van der Waals surface area contributed by atoms with Gasteiger partial charge in [-0.05, 0) is 38.3 Å². The highest BCUT2D eigenvalue weighted by atomic mass is 35.5. The molecule has 8 nitrogen and oxygen atoms in total. The fourth-order valence-electron chi connectivity index (χ4n) is 3.56. The lowest BCUT2D eigenvalue weighted by molar-refractivity contribution is 0.0438. The summed E-state index contributed by atoms with van der Waals surface area (Å²) in [4.78, 5) is 23.8. The number of anilines is 3. The van der Waals surface area contributed by atoms with Gasteiger partial charge in [-0.3, -0.25) is 9.59 Å². The molecule has 0 spiro atoms. The van der Waals surface area contributed by atoms with E-state index in [4.69, 9.17) is 16.3 Å². The Hall–Kier alpha value is -2.10. The molecule has 1 heterocycles. The molecule has 2 aromatic carbocycles. The quantitative estimate of drug-likeness (QED) is 0.441. The lowest BCUT2D eigenvalue weighted by Crippen LogP contribution is -2.42. The Kier molecular flexibility index (Phi) is 5.93. The largest absolute Gasteiger partial charge is 0.504 e. The van der Waals surface area contributed by atoms with Gasteiger partial charge in [0.25, 0.3) is 10.9 Å². The van der Waals surface area contributed by atoms with Crippen molar-refractivity contribution in [2.24, 2.45) is 0 Å². The maximum absolute atomic E-state index is 12.1. The normalized spacial score (nSPS) is 20.7. The summed E-state index contributed by atoms with van der Waals surface area (Å²) in [5.41, 5.74) is -1.40. The predicted octanol–water partition coefficient (Wildman–Crippen LogP) is 2.55. The molecular formula is C19H23ClN2O6S. The van der Waals surface area contributed by atoms with E-state index < -0.39 is 31.3 Å². The second-order valence-electron chi connectivity index (χ2n) is 7.30. The lowest BCUT2D eigenvalue weighted by atomic mass is 10.0. The first-order valence-corrected chi connectivity index (χ1v) is 11.5. The summed E-state index contributed by atoms with van der Waals surface area (Å²) in [5.74, 6) is -0.612. The van der Waals surface area contributed by atoms with Crippen LogP contribution in [0.5, 0.6) is 5.75 Å². The van der Waals surface area contributed by atoms with Crippen molar-refractivity contribution in [3.8, 4) is 5.75 Å². The van der Waals surface area contributed by atoms with Gasteiger partial charge in [-0.2, -0.15) is 0 Å². The number of benzene rings is 1. The number of phenols is 1. The third-order valence-electron chi connectivity index (χ3n) is 5.11. The van der Waals surface area contributed by atoms with Gasteiger partial charge in [0.1, 0.15) is 16.3 Å². The number of ether oxygens (including phenoxy) is 1. The number of hydrogen-bond donors (Lipinski definition) is 3. The molecule has 1 fully saturated rings. The molecule has 0 bridgehead atoms. The van der Waals surface area contributed by atoms with Crippen LogP contribution in [0.3, 0.4) is 0 Å². The summed E-state index contributed by atoms with van der Waals surface area (Å²) in [6, 6.07) is 2.47. The molecule has 1 aliphatic rings. The summed E-state index contributed by atoms with van der Waals surface area (Å²) in [6.07, 6.45) is 3.43. The molecule has 0 aliphatic carbocycles.